The van der Waals surface area contributed by atoms with Crippen molar-refractivity contribution in [3.05, 3.63) is 88.7 Å². The number of pyridine rings is 1. The van der Waals surface area contributed by atoms with E-state index in [4.69, 9.17) is 15.0 Å². The zero-order valence-corrected chi connectivity index (χ0v) is 20.3. The largest absolute Gasteiger partial charge is 2.00 e. The minimum atomic E-state index is 0. The molecule has 0 aliphatic heterocycles. The molecule has 0 unspecified atom stereocenters. The van der Waals surface area contributed by atoms with Gasteiger partial charge in [0, 0.05) is 0 Å². The fraction of sp³-hybridized carbons (Fsp3) is 0.208. The second-order valence-electron chi connectivity index (χ2n) is 6.98. The Morgan fingerprint density at radius 1 is 0.600 bits per heavy atom. The summed E-state index contributed by atoms with van der Waals surface area (Å²) in [5.41, 5.74) is 9.02. The van der Waals surface area contributed by atoms with Crippen LogP contribution in [-0.4, -0.2) is 16.4 Å². The van der Waals surface area contributed by atoms with Crippen molar-refractivity contribution in [2.45, 2.75) is 34.6 Å². The molecule has 0 aliphatic rings. The van der Waals surface area contributed by atoms with E-state index in [1.165, 1.54) is 11.1 Å². The Kier molecular flexibility index (Phi) is 11.8. The van der Waals surface area contributed by atoms with Crippen LogP contribution in [0.15, 0.2) is 70.6 Å². The van der Waals surface area contributed by atoms with E-state index in [2.05, 4.69) is 57.2 Å². The summed E-state index contributed by atoms with van der Waals surface area (Å²) in [7, 11) is 0. The Morgan fingerprint density at radius 3 is 1.27 bits per heavy atom. The molecule has 6 heteroatoms. The molecule has 30 heavy (non-hydrogen) atoms. The molecule has 0 N–H and O–H groups in total. The molecule has 1 aromatic heterocycles. The van der Waals surface area contributed by atoms with Gasteiger partial charge in [-0.25, -0.2) is 4.98 Å². The van der Waals surface area contributed by atoms with Gasteiger partial charge in [-0.3, -0.25) is 9.98 Å². The third-order valence-corrected chi connectivity index (χ3v) is 4.37. The van der Waals surface area contributed by atoms with Crippen molar-refractivity contribution in [1.29, 1.82) is 0 Å². The van der Waals surface area contributed by atoms with Gasteiger partial charge in [0.25, 0.3) is 0 Å². The van der Waals surface area contributed by atoms with E-state index < -0.39 is 0 Å². The second-order valence-corrected chi connectivity index (χ2v) is 6.98. The van der Waals surface area contributed by atoms with Gasteiger partial charge in [-0.05, 0) is 76.6 Å². The molecule has 0 radical (unpaired) electrons. The van der Waals surface area contributed by atoms with E-state index in [-0.39, 0.29) is 41.9 Å². The van der Waals surface area contributed by atoms with Crippen molar-refractivity contribution in [2.75, 3.05) is 0 Å². The topological polar surface area (TPSA) is 37.6 Å². The summed E-state index contributed by atoms with van der Waals surface area (Å²) >= 11 is 0. The van der Waals surface area contributed by atoms with Crippen LogP contribution in [0.4, 0.5) is 11.4 Å². The summed E-state index contributed by atoms with van der Waals surface area (Å²) in [4.78, 5) is 14.2. The van der Waals surface area contributed by atoms with Gasteiger partial charge in [0.2, 0.25) is 0 Å². The van der Waals surface area contributed by atoms with E-state index in [1.807, 2.05) is 38.1 Å². The number of benzene rings is 2. The number of halogens is 2. The van der Waals surface area contributed by atoms with Crippen LogP contribution in [0.25, 0.3) is 0 Å². The molecule has 0 amide bonds. The van der Waals surface area contributed by atoms with E-state index in [9.17, 15) is 0 Å². The smallest absolute Gasteiger partial charge is 1.00 e. The first-order valence-corrected chi connectivity index (χ1v) is 9.14. The molecule has 0 bridgehead atoms. The SMILES string of the molecule is CC(=Nc1ccc(C)cc1)c1cc(C)cc(C(C)=Nc2ccc(C)cc2)n1.[Cl-].[Cl-].[Fe+2]. The Balaban J connectivity index is 0.00000280. The maximum atomic E-state index is 4.80. The summed E-state index contributed by atoms with van der Waals surface area (Å²) in [5.74, 6) is 0. The number of hydrogen-bond donors (Lipinski definition) is 0. The van der Waals surface area contributed by atoms with Crippen LogP contribution in [0.5, 0.6) is 0 Å². The molecule has 158 valence electrons. The van der Waals surface area contributed by atoms with E-state index in [1.54, 1.807) is 0 Å². The van der Waals surface area contributed by atoms with E-state index in [0.717, 1.165) is 39.7 Å². The van der Waals surface area contributed by atoms with Crippen molar-refractivity contribution in [2.24, 2.45) is 9.98 Å². The molecule has 3 nitrogen and oxygen atoms in total. The number of aromatic nitrogens is 1. The number of rotatable bonds is 4. The van der Waals surface area contributed by atoms with Crippen molar-refractivity contribution >= 4 is 22.8 Å². The normalized spacial score (nSPS) is 11.1. The van der Waals surface area contributed by atoms with Gasteiger partial charge < -0.3 is 24.8 Å². The molecule has 3 rings (SSSR count). The van der Waals surface area contributed by atoms with Crippen LogP contribution >= 0.6 is 0 Å². The Bertz CT molecular complexity index is 932. The molecule has 0 saturated carbocycles. The first-order chi connectivity index (χ1) is 12.9. The van der Waals surface area contributed by atoms with Crippen LogP contribution in [0, 0.1) is 20.8 Å². The molecule has 0 saturated heterocycles. The second kappa shape index (κ2) is 12.7. The summed E-state index contributed by atoms with van der Waals surface area (Å²) in [6.45, 7) is 10.2. The molecule has 2 aromatic carbocycles. The number of aliphatic imine (C=N–C) groups is 2. The summed E-state index contributed by atoms with van der Waals surface area (Å²) in [5, 5.41) is 0. The standard InChI is InChI=1S/C24H25N3.2ClH.Fe/c1-16-6-10-21(11-7-16)25-19(4)23-14-18(3)15-24(27-23)20(5)26-22-12-8-17(2)9-13-22;;;/h6-15H,1-5H3;2*1H;/q;;;+2/p-2. The van der Waals surface area contributed by atoms with Crippen LogP contribution in [0.1, 0.15) is 41.9 Å². The van der Waals surface area contributed by atoms with Gasteiger partial charge in [0.05, 0.1) is 34.2 Å². The van der Waals surface area contributed by atoms with Gasteiger partial charge in [-0.15, -0.1) is 0 Å². The van der Waals surface area contributed by atoms with Crippen molar-refractivity contribution in [1.82, 2.24) is 4.98 Å². The Hall–Kier alpha value is -1.97. The van der Waals surface area contributed by atoms with E-state index >= 15 is 0 Å². The molecule has 0 atom stereocenters. The first kappa shape index (κ1) is 28.0. The van der Waals surface area contributed by atoms with Crippen LogP contribution in [0.3, 0.4) is 0 Å². The number of nitrogens with zero attached hydrogens (tertiary/aromatic N) is 3. The van der Waals surface area contributed by atoms with Crippen LogP contribution < -0.4 is 24.8 Å². The van der Waals surface area contributed by atoms with Gasteiger partial charge in [-0.2, -0.15) is 0 Å². The fourth-order valence-corrected chi connectivity index (χ4v) is 2.78. The number of aryl methyl sites for hydroxylation is 3. The third kappa shape index (κ3) is 7.70. The predicted octanol–water partition coefficient (Wildman–Crippen LogP) is 0.294. The van der Waals surface area contributed by atoms with Gasteiger partial charge in [0.15, 0.2) is 0 Å². The Morgan fingerprint density at radius 2 is 0.933 bits per heavy atom. The molecule has 0 fully saturated rings. The van der Waals surface area contributed by atoms with Crippen LogP contribution in [-0.2, 0) is 17.1 Å². The van der Waals surface area contributed by atoms with Crippen molar-refractivity contribution in [3.63, 3.8) is 0 Å². The molecule has 3 aromatic rings. The van der Waals surface area contributed by atoms with Crippen molar-refractivity contribution < 1.29 is 41.9 Å². The summed E-state index contributed by atoms with van der Waals surface area (Å²) in [6.07, 6.45) is 0. The maximum Gasteiger partial charge on any atom is 2.00 e. The average Bonchev–Trinajstić information content (AvgIpc) is 2.65. The summed E-state index contributed by atoms with van der Waals surface area (Å²) < 4.78 is 0. The van der Waals surface area contributed by atoms with Gasteiger partial charge >= 0.3 is 17.1 Å². The maximum absolute atomic E-state index is 4.80. The number of hydrogen-bond acceptors (Lipinski definition) is 3. The van der Waals surface area contributed by atoms with E-state index in [0.29, 0.717) is 0 Å². The van der Waals surface area contributed by atoms with Crippen molar-refractivity contribution in [3.8, 4) is 0 Å². The first-order valence-electron chi connectivity index (χ1n) is 9.14. The molecular weight excluding hydrogens is 457 g/mol. The zero-order valence-electron chi connectivity index (χ0n) is 17.7. The molecule has 1 heterocycles. The Labute approximate surface area is 202 Å². The zero-order chi connectivity index (χ0) is 19.4. The minimum absolute atomic E-state index is 0. The predicted molar refractivity (Wildman–Crippen MR) is 115 cm³/mol. The average molecular weight is 482 g/mol. The summed E-state index contributed by atoms with van der Waals surface area (Å²) in [6, 6.07) is 20.5. The van der Waals surface area contributed by atoms with Gasteiger partial charge in [0.1, 0.15) is 0 Å². The fourth-order valence-electron chi connectivity index (χ4n) is 2.78. The molecule has 0 spiro atoms. The monoisotopic (exact) mass is 481 g/mol. The van der Waals surface area contributed by atoms with Crippen LogP contribution in [0.2, 0.25) is 0 Å². The minimum Gasteiger partial charge on any atom is -1.00 e. The molecular formula is C24H25Cl2FeN3. The van der Waals surface area contributed by atoms with Gasteiger partial charge in [-0.1, -0.05) is 35.4 Å². The third-order valence-electron chi connectivity index (χ3n) is 4.37. The quantitative estimate of drug-likeness (QED) is 0.390. The molecule has 0 aliphatic carbocycles.